The third-order valence-electron chi connectivity index (χ3n) is 3.51. The Morgan fingerprint density at radius 1 is 0.818 bits per heavy atom. The molecule has 2 saturated carbocycles. The van der Waals surface area contributed by atoms with Gasteiger partial charge in [-0.2, -0.15) is 0 Å². The molecule has 1 unspecified atom stereocenters. The van der Waals surface area contributed by atoms with Gasteiger partial charge in [0.15, 0.2) is 0 Å². The molecule has 0 saturated heterocycles. The van der Waals surface area contributed by atoms with E-state index in [-0.39, 0.29) is 6.10 Å². The Labute approximate surface area is 68.8 Å². The van der Waals surface area contributed by atoms with E-state index in [1.807, 2.05) is 0 Å². The van der Waals surface area contributed by atoms with E-state index >= 15 is 0 Å². The highest BCUT2D eigenvalue weighted by molar-refractivity contribution is 4.82. The van der Waals surface area contributed by atoms with Gasteiger partial charge in [-0.25, -0.2) is 0 Å². The van der Waals surface area contributed by atoms with E-state index in [0.717, 1.165) is 24.7 Å². The number of aliphatic hydroxyl groups excluding tert-OH is 1. The molecule has 0 spiro atoms. The van der Waals surface area contributed by atoms with Crippen molar-refractivity contribution in [3.8, 4) is 0 Å². The summed E-state index contributed by atoms with van der Waals surface area (Å²) in [4.78, 5) is 0. The monoisotopic (exact) mass is 154 g/mol. The van der Waals surface area contributed by atoms with Crippen LogP contribution < -0.4 is 0 Å². The largest absolute Gasteiger partial charge is 0.393 e. The lowest BCUT2D eigenvalue weighted by Crippen LogP contribution is -2.29. The van der Waals surface area contributed by atoms with Crippen molar-refractivity contribution < 1.29 is 5.11 Å². The lowest BCUT2D eigenvalue weighted by Gasteiger charge is -2.37. The Morgan fingerprint density at radius 3 is 2.36 bits per heavy atom. The van der Waals surface area contributed by atoms with Crippen LogP contribution in [0.25, 0.3) is 0 Å². The zero-order valence-electron chi connectivity index (χ0n) is 7.13. The van der Waals surface area contributed by atoms with Crippen LogP contribution in [0.2, 0.25) is 0 Å². The maximum Gasteiger partial charge on any atom is 0.0543 e. The van der Waals surface area contributed by atoms with Gasteiger partial charge < -0.3 is 5.11 Å². The van der Waals surface area contributed by atoms with E-state index in [1.165, 1.54) is 32.1 Å². The quantitative estimate of drug-likeness (QED) is 0.568. The Bertz CT molecular complexity index is 133. The molecule has 0 radical (unpaired) electrons. The van der Waals surface area contributed by atoms with E-state index in [2.05, 4.69) is 0 Å². The van der Waals surface area contributed by atoms with E-state index < -0.39 is 0 Å². The molecule has 0 aromatic carbocycles. The Kier molecular flexibility index (Phi) is 2.17. The average molecular weight is 154 g/mol. The molecular formula is C10H18O. The van der Waals surface area contributed by atoms with Gasteiger partial charge in [0.05, 0.1) is 6.10 Å². The van der Waals surface area contributed by atoms with Crippen molar-refractivity contribution in [1.29, 1.82) is 0 Å². The summed E-state index contributed by atoms with van der Waals surface area (Å²) in [6.45, 7) is 0. The highest BCUT2D eigenvalue weighted by Gasteiger charge is 2.30. The van der Waals surface area contributed by atoms with Crippen LogP contribution in [0, 0.1) is 11.8 Å². The Morgan fingerprint density at radius 2 is 1.55 bits per heavy atom. The molecule has 11 heavy (non-hydrogen) atoms. The SMILES string of the molecule is OC1CC[C@@H]2CCCC[C@@H]2C1. The summed E-state index contributed by atoms with van der Waals surface area (Å²) in [6, 6.07) is 0. The predicted molar refractivity (Wildman–Crippen MR) is 45.3 cm³/mol. The molecule has 64 valence electrons. The van der Waals surface area contributed by atoms with Gasteiger partial charge in [0.25, 0.3) is 0 Å². The Hall–Kier alpha value is -0.0400. The summed E-state index contributed by atoms with van der Waals surface area (Å²) in [7, 11) is 0. The highest BCUT2D eigenvalue weighted by Crippen LogP contribution is 2.40. The standard InChI is InChI=1S/C10H18O/c11-10-6-5-8-3-1-2-4-9(8)7-10/h8-11H,1-7H2/t8-,9+,10?/m0/s1. The summed E-state index contributed by atoms with van der Waals surface area (Å²) >= 11 is 0. The first kappa shape index (κ1) is 7.60. The van der Waals surface area contributed by atoms with Crippen molar-refractivity contribution in [2.45, 2.75) is 51.0 Å². The first-order valence-electron chi connectivity index (χ1n) is 5.04. The number of hydrogen-bond donors (Lipinski definition) is 1. The van der Waals surface area contributed by atoms with Crippen molar-refractivity contribution in [1.82, 2.24) is 0 Å². The summed E-state index contributed by atoms with van der Waals surface area (Å²) in [5.74, 6) is 1.86. The van der Waals surface area contributed by atoms with Crippen LogP contribution in [-0.4, -0.2) is 11.2 Å². The maximum absolute atomic E-state index is 9.45. The molecule has 0 heterocycles. The predicted octanol–water partition coefficient (Wildman–Crippen LogP) is 2.34. The van der Waals surface area contributed by atoms with Crippen LogP contribution in [-0.2, 0) is 0 Å². The first-order chi connectivity index (χ1) is 5.36. The molecule has 0 bridgehead atoms. The summed E-state index contributed by atoms with van der Waals surface area (Å²) in [6.07, 6.45) is 9.19. The van der Waals surface area contributed by atoms with E-state index in [0.29, 0.717) is 0 Å². The molecule has 3 atom stereocenters. The van der Waals surface area contributed by atoms with Gasteiger partial charge in [0.1, 0.15) is 0 Å². The molecule has 2 aliphatic carbocycles. The molecular weight excluding hydrogens is 136 g/mol. The van der Waals surface area contributed by atoms with Crippen LogP contribution in [0.5, 0.6) is 0 Å². The van der Waals surface area contributed by atoms with Gasteiger partial charge in [-0.05, 0) is 31.1 Å². The van der Waals surface area contributed by atoms with Crippen molar-refractivity contribution in [3.63, 3.8) is 0 Å². The highest BCUT2D eigenvalue weighted by atomic mass is 16.3. The minimum atomic E-state index is 0.0364. The van der Waals surface area contributed by atoms with Crippen molar-refractivity contribution in [3.05, 3.63) is 0 Å². The third kappa shape index (κ3) is 1.58. The van der Waals surface area contributed by atoms with Gasteiger partial charge in [0.2, 0.25) is 0 Å². The first-order valence-corrected chi connectivity index (χ1v) is 5.04. The molecule has 0 aromatic rings. The molecule has 2 fully saturated rings. The molecule has 1 nitrogen and oxygen atoms in total. The molecule has 0 amide bonds. The zero-order valence-corrected chi connectivity index (χ0v) is 7.13. The minimum absolute atomic E-state index is 0.0364. The fraction of sp³-hybridized carbons (Fsp3) is 1.00. The van der Waals surface area contributed by atoms with Gasteiger partial charge >= 0.3 is 0 Å². The summed E-state index contributed by atoms with van der Waals surface area (Å²) < 4.78 is 0. The van der Waals surface area contributed by atoms with E-state index in [9.17, 15) is 5.11 Å². The smallest absolute Gasteiger partial charge is 0.0543 e. The van der Waals surface area contributed by atoms with Crippen LogP contribution in [0.15, 0.2) is 0 Å². The lowest BCUT2D eigenvalue weighted by molar-refractivity contribution is 0.0491. The van der Waals surface area contributed by atoms with Crippen LogP contribution in [0.3, 0.4) is 0 Å². The zero-order chi connectivity index (χ0) is 7.68. The fourth-order valence-corrected chi connectivity index (χ4v) is 2.85. The van der Waals surface area contributed by atoms with Gasteiger partial charge in [-0.15, -0.1) is 0 Å². The molecule has 1 heteroatoms. The number of hydrogen-bond acceptors (Lipinski definition) is 1. The van der Waals surface area contributed by atoms with Crippen molar-refractivity contribution in [2.24, 2.45) is 11.8 Å². The number of rotatable bonds is 0. The van der Waals surface area contributed by atoms with Gasteiger partial charge in [0, 0.05) is 0 Å². The van der Waals surface area contributed by atoms with Gasteiger partial charge in [-0.3, -0.25) is 0 Å². The summed E-state index contributed by atoms with van der Waals surface area (Å²) in [5, 5.41) is 9.45. The minimum Gasteiger partial charge on any atom is -0.393 e. The van der Waals surface area contributed by atoms with Crippen molar-refractivity contribution >= 4 is 0 Å². The molecule has 2 rings (SSSR count). The van der Waals surface area contributed by atoms with Crippen LogP contribution in [0.1, 0.15) is 44.9 Å². The Balaban J connectivity index is 1.93. The van der Waals surface area contributed by atoms with Gasteiger partial charge in [-0.1, -0.05) is 25.7 Å². The fourth-order valence-electron chi connectivity index (χ4n) is 2.85. The normalized spacial score (nSPS) is 45.0. The number of fused-ring (bicyclic) bond motifs is 1. The second kappa shape index (κ2) is 3.14. The van der Waals surface area contributed by atoms with E-state index in [1.54, 1.807) is 0 Å². The third-order valence-corrected chi connectivity index (χ3v) is 3.51. The van der Waals surface area contributed by atoms with E-state index in [4.69, 9.17) is 0 Å². The maximum atomic E-state index is 9.45. The number of aliphatic hydroxyl groups is 1. The molecule has 1 N–H and O–H groups in total. The average Bonchev–Trinajstić information content (AvgIpc) is 2.04. The second-order valence-corrected chi connectivity index (χ2v) is 4.27. The molecule has 2 aliphatic rings. The molecule has 0 aliphatic heterocycles. The van der Waals surface area contributed by atoms with Crippen LogP contribution in [0.4, 0.5) is 0 Å². The topological polar surface area (TPSA) is 20.2 Å². The summed E-state index contributed by atoms with van der Waals surface area (Å²) in [5.41, 5.74) is 0. The second-order valence-electron chi connectivity index (χ2n) is 4.27. The lowest BCUT2D eigenvalue weighted by atomic mass is 9.70. The van der Waals surface area contributed by atoms with Crippen molar-refractivity contribution in [2.75, 3.05) is 0 Å². The molecule has 0 aromatic heterocycles. The van der Waals surface area contributed by atoms with Crippen LogP contribution >= 0.6 is 0 Å².